The third kappa shape index (κ3) is 2.16. The van der Waals surface area contributed by atoms with E-state index < -0.39 is 0 Å². The van der Waals surface area contributed by atoms with Crippen molar-refractivity contribution in [3.8, 4) is 0 Å². The van der Waals surface area contributed by atoms with E-state index in [2.05, 4.69) is 44.4 Å². The van der Waals surface area contributed by atoms with Gasteiger partial charge in [0.2, 0.25) is 0 Å². The van der Waals surface area contributed by atoms with Gasteiger partial charge in [0.1, 0.15) is 0 Å². The summed E-state index contributed by atoms with van der Waals surface area (Å²) in [4.78, 5) is 0. The van der Waals surface area contributed by atoms with Crippen molar-refractivity contribution in [1.29, 1.82) is 0 Å². The average molecular weight is 283 g/mol. The lowest BCUT2D eigenvalue weighted by atomic mass is 9.50. The summed E-state index contributed by atoms with van der Waals surface area (Å²) in [5, 5.41) is 3.71. The minimum atomic E-state index is 0.569. The number of hydrogen-bond acceptors (Lipinski definition) is 1. The molecular weight excluding hydrogens is 254 g/mol. The van der Waals surface area contributed by atoms with Crippen LogP contribution >= 0.6 is 0 Å². The second-order valence-corrected chi connectivity index (χ2v) is 8.06. The van der Waals surface area contributed by atoms with Crippen LogP contribution in [0.2, 0.25) is 0 Å². The summed E-state index contributed by atoms with van der Waals surface area (Å²) in [5.41, 5.74) is 4.51. The predicted octanol–water partition coefficient (Wildman–Crippen LogP) is 4.64. The van der Waals surface area contributed by atoms with Crippen LogP contribution in [0.5, 0.6) is 0 Å². The lowest BCUT2D eigenvalue weighted by Crippen LogP contribution is -2.49. The van der Waals surface area contributed by atoms with Gasteiger partial charge in [-0.1, -0.05) is 18.2 Å². The zero-order valence-corrected chi connectivity index (χ0v) is 13.7. The lowest BCUT2D eigenvalue weighted by Gasteiger charge is -2.56. The molecule has 4 bridgehead atoms. The maximum atomic E-state index is 3.71. The first-order chi connectivity index (χ1) is 10.2. The molecule has 1 N–H and O–H groups in total. The summed E-state index contributed by atoms with van der Waals surface area (Å²) in [6.45, 7) is 4.56. The molecule has 1 aromatic rings. The second kappa shape index (κ2) is 5.12. The minimum Gasteiger partial charge on any atom is -0.313 e. The van der Waals surface area contributed by atoms with E-state index in [4.69, 9.17) is 0 Å². The van der Waals surface area contributed by atoms with Gasteiger partial charge in [-0.25, -0.2) is 0 Å². The number of benzene rings is 1. The number of aryl methyl sites for hydroxylation is 1. The number of rotatable bonds is 3. The Morgan fingerprint density at radius 3 is 2.14 bits per heavy atom. The van der Waals surface area contributed by atoms with Crippen molar-refractivity contribution >= 4 is 0 Å². The molecule has 0 radical (unpaired) electrons. The van der Waals surface area contributed by atoms with Gasteiger partial charge in [-0.15, -0.1) is 0 Å². The third-order valence-corrected chi connectivity index (χ3v) is 6.98. The van der Waals surface area contributed by atoms with E-state index in [0.717, 1.165) is 29.6 Å². The van der Waals surface area contributed by atoms with Crippen molar-refractivity contribution in [2.24, 2.45) is 29.6 Å². The quantitative estimate of drug-likeness (QED) is 0.852. The number of hydrogen-bond donors (Lipinski definition) is 1. The zero-order valence-electron chi connectivity index (χ0n) is 13.7. The lowest BCUT2D eigenvalue weighted by molar-refractivity contribution is -0.0516. The average Bonchev–Trinajstić information content (AvgIpc) is 2.46. The van der Waals surface area contributed by atoms with E-state index in [9.17, 15) is 0 Å². The predicted molar refractivity (Wildman–Crippen MR) is 88.3 cm³/mol. The maximum absolute atomic E-state index is 3.71. The van der Waals surface area contributed by atoms with Crippen LogP contribution in [-0.4, -0.2) is 7.05 Å². The Morgan fingerprint density at radius 1 is 0.952 bits per heavy atom. The molecule has 0 amide bonds. The molecular formula is C20H29N. The highest BCUT2D eigenvalue weighted by molar-refractivity contribution is 5.36. The molecule has 4 saturated carbocycles. The summed E-state index contributed by atoms with van der Waals surface area (Å²) < 4.78 is 0. The minimum absolute atomic E-state index is 0.569. The molecule has 4 aliphatic carbocycles. The van der Waals surface area contributed by atoms with Gasteiger partial charge in [-0.3, -0.25) is 0 Å². The summed E-state index contributed by atoms with van der Waals surface area (Å²) in [5.74, 6) is 4.99. The van der Waals surface area contributed by atoms with E-state index in [-0.39, 0.29) is 0 Å². The Morgan fingerprint density at radius 2 is 1.57 bits per heavy atom. The fourth-order valence-electron chi connectivity index (χ4n) is 6.18. The molecule has 4 aliphatic rings. The standard InChI is InChI=1S/C20H29N/c1-12-5-4-6-18(13(12)2)20(21-3)19-16-8-14-7-15(10-16)11-17(19)9-14/h4-6,14-17,19-21H,7-11H2,1-3H3. The Balaban J connectivity index is 1.68. The molecule has 1 aromatic carbocycles. The van der Waals surface area contributed by atoms with Crippen molar-refractivity contribution in [1.82, 2.24) is 5.32 Å². The molecule has 114 valence electrons. The molecule has 0 spiro atoms. The first-order valence-electron chi connectivity index (χ1n) is 8.90. The van der Waals surface area contributed by atoms with Gasteiger partial charge in [-0.2, -0.15) is 0 Å². The SMILES string of the molecule is CNC(c1cccc(C)c1C)C1C2CC3CC(C2)CC1C3. The largest absolute Gasteiger partial charge is 0.313 e. The Bertz CT molecular complexity index is 505. The topological polar surface area (TPSA) is 12.0 Å². The summed E-state index contributed by atoms with van der Waals surface area (Å²) >= 11 is 0. The second-order valence-electron chi connectivity index (χ2n) is 8.06. The molecule has 0 heterocycles. The van der Waals surface area contributed by atoms with Gasteiger partial charge < -0.3 is 5.32 Å². The molecule has 1 nitrogen and oxygen atoms in total. The van der Waals surface area contributed by atoms with Crippen molar-refractivity contribution in [2.75, 3.05) is 7.05 Å². The molecule has 5 rings (SSSR count). The van der Waals surface area contributed by atoms with Gasteiger partial charge in [0.15, 0.2) is 0 Å². The van der Waals surface area contributed by atoms with Crippen molar-refractivity contribution < 1.29 is 0 Å². The van der Waals surface area contributed by atoms with Gasteiger partial charge in [-0.05, 0) is 99.3 Å². The molecule has 21 heavy (non-hydrogen) atoms. The van der Waals surface area contributed by atoms with Gasteiger partial charge >= 0.3 is 0 Å². The molecule has 1 unspecified atom stereocenters. The third-order valence-electron chi connectivity index (χ3n) is 6.98. The van der Waals surface area contributed by atoms with Gasteiger partial charge in [0, 0.05) is 6.04 Å². The highest BCUT2D eigenvalue weighted by Crippen LogP contribution is 2.59. The smallest absolute Gasteiger partial charge is 0.0354 e. The van der Waals surface area contributed by atoms with Gasteiger partial charge in [0.05, 0.1) is 0 Å². The summed E-state index contributed by atoms with van der Waals surface area (Å²) in [7, 11) is 2.18. The van der Waals surface area contributed by atoms with E-state index in [1.807, 2.05) is 0 Å². The first kappa shape index (κ1) is 13.8. The Hall–Kier alpha value is -0.820. The van der Waals surface area contributed by atoms with Crippen LogP contribution in [0.4, 0.5) is 0 Å². The molecule has 1 heteroatoms. The van der Waals surface area contributed by atoms with E-state index >= 15 is 0 Å². The van der Waals surface area contributed by atoms with Crippen LogP contribution in [0, 0.1) is 43.4 Å². The first-order valence-corrected chi connectivity index (χ1v) is 8.90. The normalized spacial score (nSPS) is 38.7. The maximum Gasteiger partial charge on any atom is 0.0354 e. The molecule has 4 fully saturated rings. The Labute approximate surface area is 129 Å². The van der Waals surface area contributed by atoms with E-state index in [0.29, 0.717) is 6.04 Å². The fraction of sp³-hybridized carbons (Fsp3) is 0.700. The highest BCUT2D eigenvalue weighted by atomic mass is 14.9. The monoisotopic (exact) mass is 283 g/mol. The zero-order chi connectivity index (χ0) is 14.6. The van der Waals surface area contributed by atoms with Crippen molar-refractivity contribution in [3.05, 3.63) is 34.9 Å². The summed E-state index contributed by atoms with van der Waals surface area (Å²) in [6, 6.07) is 7.44. The molecule has 0 aliphatic heterocycles. The van der Waals surface area contributed by atoms with Crippen LogP contribution < -0.4 is 5.32 Å². The van der Waals surface area contributed by atoms with Crippen LogP contribution in [0.1, 0.15) is 54.8 Å². The fourth-order valence-corrected chi connectivity index (χ4v) is 6.18. The Kier molecular flexibility index (Phi) is 3.37. The van der Waals surface area contributed by atoms with Crippen LogP contribution in [0.25, 0.3) is 0 Å². The van der Waals surface area contributed by atoms with Crippen LogP contribution in [0.3, 0.4) is 0 Å². The van der Waals surface area contributed by atoms with Crippen molar-refractivity contribution in [3.63, 3.8) is 0 Å². The van der Waals surface area contributed by atoms with Crippen LogP contribution in [0.15, 0.2) is 18.2 Å². The summed E-state index contributed by atoms with van der Waals surface area (Å²) in [6.07, 6.45) is 7.61. The van der Waals surface area contributed by atoms with E-state index in [1.54, 1.807) is 12.0 Å². The highest BCUT2D eigenvalue weighted by Gasteiger charge is 2.50. The van der Waals surface area contributed by atoms with Crippen molar-refractivity contribution in [2.45, 2.75) is 52.0 Å². The molecule has 0 aromatic heterocycles. The van der Waals surface area contributed by atoms with Crippen LogP contribution in [-0.2, 0) is 0 Å². The molecule has 1 atom stereocenters. The van der Waals surface area contributed by atoms with E-state index in [1.165, 1.54) is 36.8 Å². The number of nitrogens with one attached hydrogen (secondary N) is 1. The molecule has 0 saturated heterocycles. The van der Waals surface area contributed by atoms with Gasteiger partial charge in [0.25, 0.3) is 0 Å².